The Bertz CT molecular complexity index is 601. The Morgan fingerprint density at radius 3 is 2.82 bits per heavy atom. The molecule has 2 rings (SSSR count). The molecule has 1 amide bonds. The van der Waals surface area contributed by atoms with Gasteiger partial charge in [0.15, 0.2) is 0 Å². The highest BCUT2D eigenvalue weighted by molar-refractivity contribution is 7.99. The lowest BCUT2D eigenvalue weighted by atomic mass is 10.1. The fraction of sp³-hybridized carbons (Fsp3) is 0.333. The summed E-state index contributed by atoms with van der Waals surface area (Å²) in [5, 5.41) is 18.2. The highest BCUT2D eigenvalue weighted by Gasteiger charge is 2.10. The highest BCUT2D eigenvalue weighted by atomic mass is 32.2. The molecule has 1 aromatic carbocycles. The van der Waals surface area contributed by atoms with Crippen LogP contribution in [0.3, 0.4) is 0 Å². The molecule has 0 saturated heterocycles. The maximum absolute atomic E-state index is 12.9. The zero-order valence-corrected chi connectivity index (χ0v) is 12.8. The van der Waals surface area contributed by atoms with E-state index in [2.05, 4.69) is 15.5 Å². The first-order chi connectivity index (χ1) is 10.7. The van der Waals surface area contributed by atoms with E-state index in [1.165, 1.54) is 12.1 Å². The number of amides is 1. The van der Waals surface area contributed by atoms with Gasteiger partial charge in [0.25, 0.3) is 5.91 Å². The van der Waals surface area contributed by atoms with Crippen molar-refractivity contribution in [2.75, 3.05) is 24.7 Å². The number of halogens is 1. The molecule has 0 radical (unpaired) electrons. The Hall–Kier alpha value is -1.86. The Kier molecular flexibility index (Phi) is 6.42. The van der Waals surface area contributed by atoms with E-state index < -0.39 is 0 Å². The number of rotatable bonds is 8. The van der Waals surface area contributed by atoms with E-state index in [0.29, 0.717) is 17.9 Å². The first-order valence-electron chi connectivity index (χ1n) is 6.99. The molecular weight excluding hydrogens is 305 g/mol. The van der Waals surface area contributed by atoms with Gasteiger partial charge in [-0.2, -0.15) is 16.9 Å². The lowest BCUT2D eigenvalue weighted by Gasteiger charge is -2.02. The number of hydrogen-bond acceptors (Lipinski definition) is 4. The number of H-pyrrole nitrogens is 1. The second-order valence-corrected chi connectivity index (χ2v) is 5.84. The minimum Gasteiger partial charge on any atom is -0.396 e. The summed E-state index contributed by atoms with van der Waals surface area (Å²) in [5.41, 5.74) is 1.72. The Labute approximate surface area is 132 Å². The molecule has 0 bridgehead atoms. The van der Waals surface area contributed by atoms with Crippen LogP contribution >= 0.6 is 11.8 Å². The molecule has 3 N–H and O–H groups in total. The summed E-state index contributed by atoms with van der Waals surface area (Å²) in [4.78, 5) is 11.9. The molecule has 0 aliphatic carbocycles. The molecule has 0 aliphatic heterocycles. The smallest absolute Gasteiger partial charge is 0.269 e. The van der Waals surface area contributed by atoms with Crippen LogP contribution in [0, 0.1) is 5.82 Å². The van der Waals surface area contributed by atoms with Crippen LogP contribution < -0.4 is 5.32 Å². The van der Waals surface area contributed by atoms with E-state index in [0.717, 1.165) is 23.5 Å². The monoisotopic (exact) mass is 323 g/mol. The summed E-state index contributed by atoms with van der Waals surface area (Å²) in [6.45, 7) is 0.750. The third-order valence-corrected chi connectivity index (χ3v) is 4.01. The third kappa shape index (κ3) is 4.85. The molecule has 0 aliphatic rings. The van der Waals surface area contributed by atoms with Gasteiger partial charge in [0.2, 0.25) is 0 Å². The van der Waals surface area contributed by atoms with Gasteiger partial charge in [0.1, 0.15) is 11.5 Å². The van der Waals surface area contributed by atoms with Crippen LogP contribution in [-0.4, -0.2) is 45.9 Å². The lowest BCUT2D eigenvalue weighted by molar-refractivity contribution is 0.0951. The zero-order valence-electron chi connectivity index (χ0n) is 12.0. The maximum Gasteiger partial charge on any atom is 0.269 e. The van der Waals surface area contributed by atoms with Crippen molar-refractivity contribution >= 4 is 17.7 Å². The maximum atomic E-state index is 12.9. The van der Waals surface area contributed by atoms with Gasteiger partial charge in [-0.15, -0.1) is 0 Å². The molecule has 2 aromatic rings. The molecule has 0 saturated carbocycles. The quantitative estimate of drug-likeness (QED) is 0.650. The van der Waals surface area contributed by atoms with E-state index in [4.69, 9.17) is 5.11 Å². The van der Waals surface area contributed by atoms with Crippen LogP contribution in [0.1, 0.15) is 16.9 Å². The van der Waals surface area contributed by atoms with Crippen molar-refractivity contribution < 1.29 is 14.3 Å². The van der Waals surface area contributed by atoms with Crippen molar-refractivity contribution in [3.8, 4) is 11.3 Å². The van der Waals surface area contributed by atoms with Gasteiger partial charge in [-0.3, -0.25) is 9.89 Å². The van der Waals surface area contributed by atoms with Gasteiger partial charge in [-0.25, -0.2) is 4.39 Å². The van der Waals surface area contributed by atoms with Crippen molar-refractivity contribution in [1.29, 1.82) is 0 Å². The fourth-order valence-electron chi connectivity index (χ4n) is 1.81. The minimum absolute atomic E-state index is 0.194. The van der Waals surface area contributed by atoms with Crippen molar-refractivity contribution in [2.45, 2.75) is 6.42 Å². The number of carbonyl (C=O) groups excluding carboxylic acids is 1. The van der Waals surface area contributed by atoms with Crippen LogP contribution in [0.5, 0.6) is 0 Å². The molecule has 118 valence electrons. The van der Waals surface area contributed by atoms with Gasteiger partial charge in [-0.1, -0.05) is 0 Å². The van der Waals surface area contributed by atoms with E-state index in [1.807, 2.05) is 0 Å². The molecule has 7 heteroatoms. The van der Waals surface area contributed by atoms with Crippen molar-refractivity contribution in [1.82, 2.24) is 15.5 Å². The van der Waals surface area contributed by atoms with E-state index in [-0.39, 0.29) is 18.3 Å². The fourth-order valence-corrected chi connectivity index (χ4v) is 2.59. The molecule has 0 fully saturated rings. The van der Waals surface area contributed by atoms with E-state index in [1.54, 1.807) is 30.0 Å². The molecule has 22 heavy (non-hydrogen) atoms. The average molecular weight is 323 g/mol. The largest absolute Gasteiger partial charge is 0.396 e. The Morgan fingerprint density at radius 2 is 2.09 bits per heavy atom. The third-order valence-electron chi connectivity index (χ3n) is 2.94. The minimum atomic E-state index is -0.309. The number of aromatic amines is 1. The summed E-state index contributed by atoms with van der Waals surface area (Å²) in [5.74, 6) is 1.15. The van der Waals surface area contributed by atoms with Crippen LogP contribution in [-0.2, 0) is 0 Å². The Balaban J connectivity index is 1.83. The predicted octanol–water partition coefficient (Wildman–Crippen LogP) is 2.06. The first kappa shape index (κ1) is 16.5. The molecule has 0 spiro atoms. The first-order valence-corrected chi connectivity index (χ1v) is 8.14. The zero-order chi connectivity index (χ0) is 15.8. The molecule has 1 aromatic heterocycles. The normalized spacial score (nSPS) is 10.6. The topological polar surface area (TPSA) is 78.0 Å². The van der Waals surface area contributed by atoms with Crippen molar-refractivity contribution in [3.63, 3.8) is 0 Å². The second-order valence-electron chi connectivity index (χ2n) is 4.62. The van der Waals surface area contributed by atoms with Gasteiger partial charge in [0.05, 0.1) is 5.69 Å². The van der Waals surface area contributed by atoms with Gasteiger partial charge >= 0.3 is 0 Å². The number of nitrogens with zero attached hydrogens (tertiary/aromatic N) is 1. The number of carbonyl (C=O) groups is 1. The van der Waals surface area contributed by atoms with Crippen LogP contribution in [0.25, 0.3) is 11.3 Å². The SMILES string of the molecule is O=C(NCCSCCCO)c1cc(-c2ccc(F)cc2)n[nH]1. The number of thioether (sulfide) groups is 1. The van der Waals surface area contributed by atoms with Crippen LogP contribution in [0.4, 0.5) is 4.39 Å². The molecular formula is C15H18FN3O2S. The average Bonchev–Trinajstić information content (AvgIpc) is 3.01. The van der Waals surface area contributed by atoms with E-state index in [9.17, 15) is 9.18 Å². The molecule has 1 heterocycles. The number of aromatic nitrogens is 2. The standard InChI is InChI=1S/C15H18FN3O2S/c16-12-4-2-11(3-5-12)13-10-14(19-18-13)15(21)17-6-9-22-8-1-7-20/h2-5,10,20H,1,6-9H2,(H,17,21)(H,18,19). The number of nitrogens with one attached hydrogen (secondary N) is 2. The summed E-state index contributed by atoms with van der Waals surface area (Å²) >= 11 is 1.68. The molecule has 0 atom stereocenters. The summed E-state index contributed by atoms with van der Waals surface area (Å²) in [6, 6.07) is 7.58. The Morgan fingerprint density at radius 1 is 1.32 bits per heavy atom. The van der Waals surface area contributed by atoms with E-state index >= 15 is 0 Å². The highest BCUT2D eigenvalue weighted by Crippen LogP contribution is 2.17. The van der Waals surface area contributed by atoms with Crippen molar-refractivity contribution in [2.24, 2.45) is 0 Å². The summed E-state index contributed by atoms with van der Waals surface area (Å²) in [6.07, 6.45) is 0.764. The summed E-state index contributed by atoms with van der Waals surface area (Å²) < 4.78 is 12.9. The van der Waals surface area contributed by atoms with Gasteiger partial charge in [-0.05, 0) is 42.5 Å². The molecule has 5 nitrogen and oxygen atoms in total. The van der Waals surface area contributed by atoms with Crippen LogP contribution in [0.15, 0.2) is 30.3 Å². The summed E-state index contributed by atoms with van der Waals surface area (Å²) in [7, 11) is 0. The molecule has 0 unspecified atom stereocenters. The van der Waals surface area contributed by atoms with Crippen molar-refractivity contribution in [3.05, 3.63) is 41.8 Å². The number of hydrogen-bond donors (Lipinski definition) is 3. The van der Waals surface area contributed by atoms with Crippen LogP contribution in [0.2, 0.25) is 0 Å². The predicted molar refractivity (Wildman–Crippen MR) is 85.3 cm³/mol. The number of aliphatic hydroxyl groups excluding tert-OH is 1. The second kappa shape index (κ2) is 8.55. The number of benzene rings is 1. The van der Waals surface area contributed by atoms with Gasteiger partial charge < -0.3 is 10.4 Å². The number of aliphatic hydroxyl groups is 1. The lowest BCUT2D eigenvalue weighted by Crippen LogP contribution is -2.26. The van der Waals surface area contributed by atoms with Gasteiger partial charge in [0, 0.05) is 24.5 Å².